The largest absolute Gasteiger partial charge is 0.278 e. The molecule has 3 heterocycles. The van der Waals surface area contributed by atoms with Crippen LogP contribution in [0.1, 0.15) is 28.4 Å². The zero-order valence-electron chi connectivity index (χ0n) is 26.1. The average Bonchev–Trinajstić information content (AvgIpc) is 3.67. The Morgan fingerprint density at radius 3 is 1.69 bits per heavy atom. The summed E-state index contributed by atoms with van der Waals surface area (Å²) in [5, 5.41) is 4.62. The molecule has 1 aliphatic carbocycles. The Bertz CT molecular complexity index is 2690. The Morgan fingerprint density at radius 2 is 1.04 bits per heavy atom. The van der Waals surface area contributed by atoms with Gasteiger partial charge < -0.3 is 0 Å². The van der Waals surface area contributed by atoms with E-state index in [2.05, 4.69) is 155 Å². The zero-order valence-corrected chi connectivity index (χ0v) is 26.1. The molecule has 0 fully saturated rings. The van der Waals surface area contributed by atoms with Crippen LogP contribution in [0.3, 0.4) is 0 Å². The molecule has 0 spiro atoms. The van der Waals surface area contributed by atoms with Crippen molar-refractivity contribution in [2.75, 3.05) is 0 Å². The third kappa shape index (κ3) is 3.88. The van der Waals surface area contributed by atoms with Gasteiger partial charge in [-0.25, -0.2) is 0 Å². The van der Waals surface area contributed by atoms with Crippen molar-refractivity contribution in [2.45, 2.75) is 12.3 Å². The van der Waals surface area contributed by atoms with E-state index in [0.29, 0.717) is 11.9 Å². The van der Waals surface area contributed by atoms with Crippen molar-refractivity contribution >= 4 is 49.7 Å². The highest BCUT2D eigenvalue weighted by molar-refractivity contribution is 6.10. The van der Waals surface area contributed by atoms with Gasteiger partial charge in [0.15, 0.2) is 0 Å². The van der Waals surface area contributed by atoms with E-state index in [-0.39, 0.29) is 5.92 Å². The predicted octanol–water partition coefficient (Wildman–Crippen LogP) is 10.1. The number of hydrogen-bond donors (Lipinski definition) is 0. The van der Waals surface area contributed by atoms with Crippen LogP contribution in [0.25, 0.3) is 72.7 Å². The molecule has 1 atom stereocenters. The summed E-state index contributed by atoms with van der Waals surface area (Å²) in [6.07, 6.45) is 2.70. The van der Waals surface area contributed by atoms with Gasteiger partial charge in [0.25, 0.3) is 0 Å². The van der Waals surface area contributed by atoms with Crippen molar-refractivity contribution < 1.29 is 0 Å². The fourth-order valence-corrected chi connectivity index (χ4v) is 7.76. The van der Waals surface area contributed by atoms with Crippen LogP contribution >= 0.6 is 0 Å². The zero-order chi connectivity index (χ0) is 31.8. The molecule has 0 N–H and O–H groups in total. The normalized spacial score (nSPS) is 14.0. The number of fused-ring (bicyclic) bond motifs is 9. The van der Waals surface area contributed by atoms with Crippen LogP contribution in [0.15, 0.2) is 146 Å². The molecule has 0 saturated heterocycles. The molecular weight excluding hydrogens is 587 g/mol. The quantitative estimate of drug-likeness (QED) is 0.198. The van der Waals surface area contributed by atoms with Crippen molar-refractivity contribution in [1.29, 1.82) is 0 Å². The first-order chi connectivity index (χ1) is 23.8. The highest BCUT2D eigenvalue weighted by atomic mass is 15.3. The smallest absolute Gasteiger partial charge is 0.239 e. The minimum absolute atomic E-state index is 0.0508. The standard InChI is InChI=1S/C43H29N5/c1-2-27-23-24-40-35(25-27)34-19-9-12-22-39(34)48(40)43-45-41(36-26-28-13-3-4-14-29(28)30-15-5-6-16-31(30)36)44-42(46-43)47-37-20-10-7-17-32(37)33-18-8-11-21-38(33)47/h2-25,36H,1,26H2. The minimum Gasteiger partial charge on any atom is -0.278 e. The van der Waals surface area contributed by atoms with Gasteiger partial charge >= 0.3 is 0 Å². The number of para-hydroxylation sites is 3. The maximum atomic E-state index is 5.39. The Kier molecular flexibility index (Phi) is 5.78. The average molecular weight is 616 g/mol. The molecule has 0 saturated carbocycles. The SMILES string of the molecule is C=Cc1ccc2c(c1)c1ccccc1n2-c1nc(C2Cc3ccccc3-c3ccccc32)nc(-n2c3ccccc3c3ccccc32)n1. The summed E-state index contributed by atoms with van der Waals surface area (Å²) in [6, 6.07) is 49.4. The Balaban J connectivity index is 1.31. The molecule has 1 aliphatic rings. The van der Waals surface area contributed by atoms with Crippen molar-refractivity contribution in [3.05, 3.63) is 169 Å². The van der Waals surface area contributed by atoms with Crippen LogP contribution in [0.2, 0.25) is 0 Å². The topological polar surface area (TPSA) is 48.5 Å². The van der Waals surface area contributed by atoms with Crippen molar-refractivity contribution in [3.63, 3.8) is 0 Å². The van der Waals surface area contributed by atoms with E-state index in [0.717, 1.165) is 50.6 Å². The van der Waals surface area contributed by atoms with E-state index >= 15 is 0 Å². The van der Waals surface area contributed by atoms with E-state index < -0.39 is 0 Å². The summed E-state index contributed by atoms with van der Waals surface area (Å²) < 4.78 is 4.40. The lowest BCUT2D eigenvalue weighted by molar-refractivity contribution is 0.703. The molecule has 9 aromatic rings. The number of nitrogens with zero attached hydrogens (tertiary/aromatic N) is 5. The summed E-state index contributed by atoms with van der Waals surface area (Å²) in [6.45, 7) is 4.03. The summed E-state index contributed by atoms with van der Waals surface area (Å²) in [7, 11) is 0. The molecular formula is C43H29N5. The number of aromatic nitrogens is 5. The Morgan fingerprint density at radius 1 is 0.521 bits per heavy atom. The van der Waals surface area contributed by atoms with Gasteiger partial charge in [-0.2, -0.15) is 15.0 Å². The lowest BCUT2D eigenvalue weighted by atomic mass is 9.78. The fraction of sp³-hybridized carbons (Fsp3) is 0.0465. The van der Waals surface area contributed by atoms with Gasteiger partial charge in [-0.1, -0.05) is 122 Å². The first-order valence-electron chi connectivity index (χ1n) is 16.3. The van der Waals surface area contributed by atoms with Crippen LogP contribution in [-0.4, -0.2) is 24.1 Å². The second kappa shape index (κ2) is 10.3. The van der Waals surface area contributed by atoms with Gasteiger partial charge in [0.05, 0.1) is 22.1 Å². The Hall–Kier alpha value is -6.33. The summed E-state index contributed by atoms with van der Waals surface area (Å²) in [5.41, 5.74) is 10.3. The van der Waals surface area contributed by atoms with E-state index in [1.54, 1.807) is 0 Å². The molecule has 48 heavy (non-hydrogen) atoms. The maximum Gasteiger partial charge on any atom is 0.239 e. The van der Waals surface area contributed by atoms with Gasteiger partial charge in [0.2, 0.25) is 11.9 Å². The molecule has 10 rings (SSSR count). The van der Waals surface area contributed by atoms with Crippen molar-refractivity contribution in [1.82, 2.24) is 24.1 Å². The van der Waals surface area contributed by atoms with E-state index in [1.807, 2.05) is 6.08 Å². The molecule has 0 bridgehead atoms. The minimum atomic E-state index is -0.0508. The van der Waals surface area contributed by atoms with E-state index in [9.17, 15) is 0 Å². The molecule has 0 aliphatic heterocycles. The molecule has 226 valence electrons. The van der Waals surface area contributed by atoms with Gasteiger partial charge in [-0.05, 0) is 64.6 Å². The van der Waals surface area contributed by atoms with E-state index in [1.165, 1.54) is 33.0 Å². The van der Waals surface area contributed by atoms with Crippen LogP contribution in [0.5, 0.6) is 0 Å². The van der Waals surface area contributed by atoms with Crippen LogP contribution < -0.4 is 0 Å². The summed E-state index contributed by atoms with van der Waals surface area (Å²) in [4.78, 5) is 16.1. The molecule has 1 unspecified atom stereocenters. The molecule has 5 heteroatoms. The van der Waals surface area contributed by atoms with Crippen molar-refractivity contribution in [3.8, 4) is 23.0 Å². The predicted molar refractivity (Wildman–Crippen MR) is 196 cm³/mol. The van der Waals surface area contributed by atoms with Gasteiger partial charge in [0, 0.05) is 27.5 Å². The molecule has 3 aromatic heterocycles. The lowest BCUT2D eigenvalue weighted by Crippen LogP contribution is -2.19. The third-order valence-corrected chi connectivity index (χ3v) is 9.92. The van der Waals surface area contributed by atoms with Crippen LogP contribution in [0, 0.1) is 0 Å². The highest BCUT2D eigenvalue weighted by Crippen LogP contribution is 2.42. The monoisotopic (exact) mass is 615 g/mol. The first kappa shape index (κ1) is 26.8. The van der Waals surface area contributed by atoms with E-state index in [4.69, 9.17) is 15.0 Å². The summed E-state index contributed by atoms with van der Waals surface area (Å²) in [5.74, 6) is 1.92. The Labute approximate surface area is 277 Å². The molecule has 6 aromatic carbocycles. The second-order valence-corrected chi connectivity index (χ2v) is 12.5. The first-order valence-corrected chi connectivity index (χ1v) is 16.3. The second-order valence-electron chi connectivity index (χ2n) is 12.5. The maximum absolute atomic E-state index is 5.39. The molecule has 0 radical (unpaired) electrons. The van der Waals surface area contributed by atoms with Gasteiger partial charge in [-0.3, -0.25) is 9.13 Å². The van der Waals surface area contributed by atoms with Crippen LogP contribution in [-0.2, 0) is 6.42 Å². The third-order valence-electron chi connectivity index (χ3n) is 9.92. The van der Waals surface area contributed by atoms with Crippen molar-refractivity contribution in [2.24, 2.45) is 0 Å². The fourth-order valence-electron chi connectivity index (χ4n) is 7.76. The summed E-state index contributed by atoms with van der Waals surface area (Å²) >= 11 is 0. The molecule has 0 amide bonds. The van der Waals surface area contributed by atoms with Gasteiger partial charge in [-0.15, -0.1) is 0 Å². The molecule has 5 nitrogen and oxygen atoms in total. The lowest BCUT2D eigenvalue weighted by Gasteiger charge is -2.27. The number of benzene rings is 6. The number of hydrogen-bond acceptors (Lipinski definition) is 3. The highest BCUT2D eigenvalue weighted by Gasteiger charge is 2.30. The number of rotatable bonds is 4. The van der Waals surface area contributed by atoms with Gasteiger partial charge in [0.1, 0.15) is 5.82 Å². The van der Waals surface area contributed by atoms with Crippen LogP contribution in [0.4, 0.5) is 0 Å².